The molecule has 2 aromatic carbocycles. The number of nitrogens with one attached hydrogen (secondary N) is 2. The number of hydrogen-bond acceptors (Lipinski definition) is 7. The highest BCUT2D eigenvalue weighted by Crippen LogP contribution is 2.26. The third kappa shape index (κ3) is 5.01. The van der Waals surface area contributed by atoms with Gasteiger partial charge in [0.05, 0.1) is 29.1 Å². The summed E-state index contributed by atoms with van der Waals surface area (Å²) in [5.41, 5.74) is 2.12. The predicted molar refractivity (Wildman–Crippen MR) is 126 cm³/mol. The monoisotopic (exact) mass is 455 g/mol. The second kappa shape index (κ2) is 9.01. The molecule has 2 heterocycles. The first-order valence-corrected chi connectivity index (χ1v) is 12.2. The van der Waals surface area contributed by atoms with Crippen LogP contribution in [0.5, 0.6) is 0 Å². The molecule has 0 spiro atoms. The molecule has 1 fully saturated rings. The van der Waals surface area contributed by atoms with Crippen molar-refractivity contribution in [2.45, 2.75) is 31.2 Å². The van der Waals surface area contributed by atoms with Crippen molar-refractivity contribution in [2.75, 3.05) is 42.9 Å². The number of sulfonamides is 1. The highest BCUT2D eigenvalue weighted by Gasteiger charge is 2.29. The number of hydrogen-bond donors (Lipinski definition) is 2. The fraction of sp³-hybridized carbons (Fsp3) is 0.391. The lowest BCUT2D eigenvalue weighted by atomic mass is 10.0. The number of morpholine rings is 1. The molecule has 0 atom stereocenters. The van der Waals surface area contributed by atoms with Gasteiger partial charge in [0.15, 0.2) is 11.6 Å². The van der Waals surface area contributed by atoms with Crippen LogP contribution in [0.4, 0.5) is 11.6 Å². The number of aryl methyl sites for hydroxylation is 1. The van der Waals surface area contributed by atoms with Gasteiger partial charge in [-0.15, -0.1) is 0 Å². The van der Waals surface area contributed by atoms with Gasteiger partial charge in [-0.05, 0) is 45.0 Å². The van der Waals surface area contributed by atoms with Gasteiger partial charge < -0.3 is 10.1 Å². The van der Waals surface area contributed by atoms with E-state index in [2.05, 4.69) is 38.8 Å². The molecule has 2 N–H and O–H groups in total. The van der Waals surface area contributed by atoms with E-state index in [1.54, 1.807) is 24.3 Å². The van der Waals surface area contributed by atoms with Gasteiger partial charge in [0.25, 0.3) is 10.0 Å². The molecule has 3 aromatic rings. The maximum Gasteiger partial charge on any atom is 0.263 e. The van der Waals surface area contributed by atoms with Crippen LogP contribution < -0.4 is 10.0 Å². The topological polar surface area (TPSA) is 96.5 Å². The van der Waals surface area contributed by atoms with E-state index in [4.69, 9.17) is 4.74 Å². The molecule has 0 saturated carbocycles. The SMILES string of the molecule is Cc1ccc(S(=O)(=O)Nc2nc3ccccc3nc2NCC(C)(C)N2CCOCC2)cc1. The van der Waals surface area contributed by atoms with E-state index in [1.807, 2.05) is 31.2 Å². The first-order valence-electron chi connectivity index (χ1n) is 10.7. The maximum atomic E-state index is 13.0. The van der Waals surface area contributed by atoms with Gasteiger partial charge in [0, 0.05) is 25.2 Å². The number of anilines is 2. The predicted octanol–water partition coefficient (Wildman–Crippen LogP) is 3.26. The van der Waals surface area contributed by atoms with Crippen LogP contribution in [0.25, 0.3) is 11.0 Å². The van der Waals surface area contributed by atoms with Crippen molar-refractivity contribution in [2.24, 2.45) is 0 Å². The summed E-state index contributed by atoms with van der Waals surface area (Å²) in [4.78, 5) is 11.8. The van der Waals surface area contributed by atoms with Gasteiger partial charge >= 0.3 is 0 Å². The molecule has 1 aromatic heterocycles. The van der Waals surface area contributed by atoms with Gasteiger partial charge in [-0.3, -0.25) is 9.62 Å². The average Bonchev–Trinajstić information content (AvgIpc) is 2.78. The Hall–Kier alpha value is -2.75. The summed E-state index contributed by atoms with van der Waals surface area (Å²) in [6.45, 7) is 9.90. The summed E-state index contributed by atoms with van der Waals surface area (Å²) in [6.07, 6.45) is 0. The summed E-state index contributed by atoms with van der Waals surface area (Å²) in [5, 5.41) is 3.34. The van der Waals surface area contributed by atoms with Gasteiger partial charge in [-0.2, -0.15) is 0 Å². The van der Waals surface area contributed by atoms with Gasteiger partial charge in [0.2, 0.25) is 0 Å². The lowest BCUT2D eigenvalue weighted by molar-refractivity contribution is -0.00570. The molecule has 0 unspecified atom stereocenters. The number of nitrogens with zero attached hydrogens (tertiary/aromatic N) is 3. The second-order valence-electron chi connectivity index (χ2n) is 8.59. The Balaban J connectivity index is 1.63. The third-order valence-corrected chi connectivity index (χ3v) is 7.04. The minimum atomic E-state index is -3.81. The molecule has 1 aliphatic heterocycles. The van der Waals surface area contributed by atoms with Gasteiger partial charge in [-0.25, -0.2) is 18.4 Å². The summed E-state index contributed by atoms with van der Waals surface area (Å²) in [6, 6.07) is 14.1. The molecule has 0 radical (unpaired) electrons. The van der Waals surface area contributed by atoms with Crippen LogP contribution >= 0.6 is 0 Å². The zero-order valence-electron chi connectivity index (χ0n) is 18.6. The fourth-order valence-electron chi connectivity index (χ4n) is 3.68. The zero-order chi connectivity index (χ0) is 22.8. The highest BCUT2D eigenvalue weighted by molar-refractivity contribution is 7.92. The summed E-state index contributed by atoms with van der Waals surface area (Å²) in [5.74, 6) is 0.586. The number of fused-ring (bicyclic) bond motifs is 1. The van der Waals surface area contributed by atoms with Gasteiger partial charge in [-0.1, -0.05) is 29.8 Å². The first-order chi connectivity index (χ1) is 15.2. The van der Waals surface area contributed by atoms with Crippen LogP contribution in [0.1, 0.15) is 19.4 Å². The molecule has 4 rings (SSSR count). The zero-order valence-corrected chi connectivity index (χ0v) is 19.4. The smallest absolute Gasteiger partial charge is 0.263 e. The number of para-hydroxylation sites is 2. The average molecular weight is 456 g/mol. The lowest BCUT2D eigenvalue weighted by Crippen LogP contribution is -2.53. The Morgan fingerprint density at radius 2 is 1.56 bits per heavy atom. The number of rotatable bonds is 7. The minimum absolute atomic E-state index is 0.176. The van der Waals surface area contributed by atoms with Crippen LogP contribution in [0.15, 0.2) is 53.4 Å². The molecule has 0 aliphatic carbocycles. The quantitative estimate of drug-likeness (QED) is 0.564. The lowest BCUT2D eigenvalue weighted by Gasteiger charge is -2.41. The summed E-state index contributed by atoms with van der Waals surface area (Å²) < 4.78 is 34.1. The van der Waals surface area contributed by atoms with Gasteiger partial charge in [0.1, 0.15) is 0 Å². The van der Waals surface area contributed by atoms with Crippen molar-refractivity contribution >= 4 is 32.7 Å². The normalized spacial score (nSPS) is 15.6. The Morgan fingerprint density at radius 3 is 2.19 bits per heavy atom. The molecule has 32 heavy (non-hydrogen) atoms. The molecule has 170 valence electrons. The van der Waals surface area contributed by atoms with Crippen LogP contribution in [-0.4, -0.2) is 61.7 Å². The minimum Gasteiger partial charge on any atom is -0.379 e. The van der Waals surface area contributed by atoms with E-state index in [0.29, 0.717) is 36.6 Å². The molecular formula is C23H29N5O3S. The van der Waals surface area contributed by atoms with E-state index in [-0.39, 0.29) is 16.3 Å². The van der Waals surface area contributed by atoms with Crippen molar-refractivity contribution in [3.05, 3.63) is 54.1 Å². The van der Waals surface area contributed by atoms with Crippen LogP contribution in [-0.2, 0) is 14.8 Å². The van der Waals surface area contributed by atoms with Crippen molar-refractivity contribution in [3.8, 4) is 0 Å². The molecule has 1 aliphatic rings. The number of ether oxygens (including phenoxy) is 1. The van der Waals surface area contributed by atoms with Crippen molar-refractivity contribution in [1.82, 2.24) is 14.9 Å². The Bertz CT molecular complexity index is 1190. The Morgan fingerprint density at radius 1 is 0.969 bits per heavy atom. The molecule has 0 amide bonds. The molecule has 0 bridgehead atoms. The van der Waals surface area contributed by atoms with Crippen molar-refractivity contribution in [1.29, 1.82) is 0 Å². The Labute approximate surface area is 189 Å². The van der Waals surface area contributed by atoms with Crippen LogP contribution in [0.2, 0.25) is 0 Å². The van der Waals surface area contributed by atoms with E-state index < -0.39 is 10.0 Å². The van der Waals surface area contributed by atoms with Crippen LogP contribution in [0.3, 0.4) is 0 Å². The third-order valence-electron chi connectivity index (χ3n) is 5.69. The maximum absolute atomic E-state index is 13.0. The molecule has 8 nitrogen and oxygen atoms in total. The summed E-state index contributed by atoms with van der Waals surface area (Å²) >= 11 is 0. The van der Waals surface area contributed by atoms with E-state index in [1.165, 1.54) is 0 Å². The molecule has 1 saturated heterocycles. The van der Waals surface area contributed by atoms with Crippen LogP contribution in [0, 0.1) is 6.92 Å². The van der Waals surface area contributed by atoms with E-state index in [0.717, 1.165) is 18.7 Å². The second-order valence-corrected chi connectivity index (χ2v) is 10.3. The van der Waals surface area contributed by atoms with E-state index in [9.17, 15) is 8.42 Å². The highest BCUT2D eigenvalue weighted by atomic mass is 32.2. The fourth-order valence-corrected chi connectivity index (χ4v) is 4.69. The summed E-state index contributed by atoms with van der Waals surface area (Å²) in [7, 11) is -3.81. The van der Waals surface area contributed by atoms with Crippen molar-refractivity contribution in [3.63, 3.8) is 0 Å². The standard InChI is InChI=1S/C23H29N5O3S/c1-17-8-10-18(11-9-17)32(29,30)27-22-21(25-19-6-4-5-7-20(19)26-22)24-16-23(2,3)28-12-14-31-15-13-28/h4-11H,12-16H2,1-3H3,(H,24,25)(H,26,27). The molecular weight excluding hydrogens is 426 g/mol. The Kier molecular flexibility index (Phi) is 6.32. The number of benzene rings is 2. The largest absolute Gasteiger partial charge is 0.379 e. The van der Waals surface area contributed by atoms with E-state index >= 15 is 0 Å². The first kappa shape index (κ1) is 22.4. The molecule has 9 heteroatoms. The number of aromatic nitrogens is 2. The van der Waals surface area contributed by atoms with Crippen molar-refractivity contribution < 1.29 is 13.2 Å².